The Morgan fingerprint density at radius 3 is 2.33 bits per heavy atom. The summed E-state index contributed by atoms with van der Waals surface area (Å²) in [4.78, 5) is 24.9. The van der Waals surface area contributed by atoms with Crippen molar-refractivity contribution in [3.63, 3.8) is 0 Å². The molecule has 174 valence electrons. The number of carbonyl (C=O) groups excluding carboxylic acids is 1. The van der Waals surface area contributed by atoms with E-state index in [4.69, 9.17) is 19.5 Å². The van der Waals surface area contributed by atoms with Gasteiger partial charge in [0.2, 0.25) is 5.91 Å². The molecule has 0 saturated carbocycles. The number of anilines is 1. The van der Waals surface area contributed by atoms with E-state index in [1.807, 2.05) is 0 Å². The summed E-state index contributed by atoms with van der Waals surface area (Å²) in [5, 5.41) is 3.60. The number of amides is 1. The number of rotatable bonds is 6. The average Bonchev–Trinajstić information content (AvgIpc) is 3.18. The molecule has 2 aliphatic heterocycles. The Bertz CT molecular complexity index is 1060. The number of benzene rings is 2. The van der Waals surface area contributed by atoms with Gasteiger partial charge in [-0.25, -0.2) is 9.38 Å². The number of likely N-dealkylation sites (tertiary alicyclic amines) is 1. The molecule has 0 aliphatic carbocycles. The highest BCUT2D eigenvalue weighted by Crippen LogP contribution is 2.35. The molecule has 2 aromatic carbocycles. The minimum atomic E-state index is -0.505. The first-order valence-electron chi connectivity index (χ1n) is 10.7. The van der Waals surface area contributed by atoms with Crippen LogP contribution in [0.25, 0.3) is 0 Å². The van der Waals surface area contributed by atoms with Gasteiger partial charge < -0.3 is 19.7 Å². The van der Waals surface area contributed by atoms with Gasteiger partial charge in [0.05, 0.1) is 25.7 Å². The summed E-state index contributed by atoms with van der Waals surface area (Å²) in [5.41, 5.74) is 1.61. The molecule has 0 unspecified atom stereocenters. The molecule has 1 spiro atoms. The normalized spacial score (nSPS) is 17.5. The van der Waals surface area contributed by atoms with Crippen molar-refractivity contribution in [2.24, 2.45) is 9.98 Å². The quantitative estimate of drug-likeness (QED) is 0.694. The van der Waals surface area contributed by atoms with Crippen LogP contribution in [0.4, 0.5) is 10.1 Å². The summed E-state index contributed by atoms with van der Waals surface area (Å²) >= 11 is 1.34. The molecular weight excluding hydrogens is 443 g/mol. The van der Waals surface area contributed by atoms with Gasteiger partial charge in [0.15, 0.2) is 5.66 Å². The lowest BCUT2D eigenvalue weighted by Crippen LogP contribution is -2.39. The predicted octanol–water partition coefficient (Wildman–Crippen LogP) is 3.84. The number of ether oxygens (including phenoxy) is 2. The molecule has 0 aromatic heterocycles. The number of nitrogens with one attached hydrogen (secondary N) is 1. The number of nitrogens with zero attached hydrogens (tertiary/aromatic N) is 3. The fraction of sp³-hybridized carbons (Fsp3) is 0.375. The lowest BCUT2D eigenvalue weighted by atomic mass is 9.99. The predicted molar refractivity (Wildman–Crippen MR) is 130 cm³/mol. The van der Waals surface area contributed by atoms with Gasteiger partial charge in [0.1, 0.15) is 22.4 Å². The minimum absolute atomic E-state index is 0.161. The molecule has 1 N–H and O–H groups in total. The van der Waals surface area contributed by atoms with Gasteiger partial charge in [-0.15, -0.1) is 0 Å². The molecule has 4 rings (SSSR count). The molecule has 1 fully saturated rings. The zero-order valence-corrected chi connectivity index (χ0v) is 19.7. The van der Waals surface area contributed by atoms with Gasteiger partial charge in [0, 0.05) is 55.4 Å². The number of halogens is 1. The third kappa shape index (κ3) is 5.54. The Balaban J connectivity index is 1.50. The van der Waals surface area contributed by atoms with E-state index in [2.05, 4.69) is 17.3 Å². The number of methoxy groups -OCH3 is 2. The first-order valence-corrected chi connectivity index (χ1v) is 11.7. The maximum atomic E-state index is 13.5. The number of carbonyl (C=O) groups is 1. The Labute approximate surface area is 197 Å². The molecule has 1 amide bonds. The molecule has 2 aromatic rings. The van der Waals surface area contributed by atoms with Crippen LogP contribution in [0.2, 0.25) is 0 Å². The van der Waals surface area contributed by atoms with E-state index in [1.54, 1.807) is 44.6 Å². The highest BCUT2D eigenvalue weighted by Gasteiger charge is 2.39. The van der Waals surface area contributed by atoms with Gasteiger partial charge >= 0.3 is 0 Å². The fourth-order valence-corrected chi connectivity index (χ4v) is 4.70. The maximum absolute atomic E-state index is 13.5. The Morgan fingerprint density at radius 2 is 1.73 bits per heavy atom. The average molecular weight is 471 g/mol. The van der Waals surface area contributed by atoms with Gasteiger partial charge in [-0.2, -0.15) is 0 Å². The molecule has 33 heavy (non-hydrogen) atoms. The summed E-state index contributed by atoms with van der Waals surface area (Å²) in [7, 11) is 5.21. The number of hydrogen-bond acceptors (Lipinski definition) is 7. The molecule has 0 atom stereocenters. The van der Waals surface area contributed by atoms with Gasteiger partial charge in [0.25, 0.3) is 0 Å². The summed E-state index contributed by atoms with van der Waals surface area (Å²) in [6, 6.07) is 11.5. The van der Waals surface area contributed by atoms with Crippen LogP contribution >= 0.6 is 11.8 Å². The largest absolute Gasteiger partial charge is 0.497 e. The second-order valence-corrected chi connectivity index (χ2v) is 9.07. The number of hydrogen-bond donors (Lipinski definition) is 1. The lowest BCUT2D eigenvalue weighted by Gasteiger charge is -2.33. The van der Waals surface area contributed by atoms with Crippen LogP contribution in [0.1, 0.15) is 18.4 Å². The maximum Gasteiger partial charge on any atom is 0.234 e. The second kappa shape index (κ2) is 9.93. The summed E-state index contributed by atoms with van der Waals surface area (Å²) in [6.45, 7) is 1.81. The summed E-state index contributed by atoms with van der Waals surface area (Å²) in [5.74, 6) is 0.861. The SMILES string of the molecule is COc1cc(NC(=O)CSC2=NC3(CCN(C)CC3)N=C2c2ccc(F)cc2)cc(OC)c1. The highest BCUT2D eigenvalue weighted by atomic mass is 32.2. The Hall–Kier alpha value is -2.91. The van der Waals surface area contributed by atoms with Crippen molar-refractivity contribution < 1.29 is 18.7 Å². The van der Waals surface area contributed by atoms with Crippen molar-refractivity contribution in [3.05, 3.63) is 53.8 Å². The van der Waals surface area contributed by atoms with Crippen LogP contribution in [0.3, 0.4) is 0 Å². The molecule has 0 bridgehead atoms. The van der Waals surface area contributed by atoms with Crippen molar-refractivity contribution in [1.82, 2.24) is 4.90 Å². The van der Waals surface area contributed by atoms with E-state index in [9.17, 15) is 9.18 Å². The smallest absolute Gasteiger partial charge is 0.234 e. The van der Waals surface area contributed by atoms with Gasteiger partial charge in [-0.3, -0.25) is 9.79 Å². The first kappa shape index (κ1) is 23.3. The van der Waals surface area contributed by atoms with Crippen molar-refractivity contribution in [3.8, 4) is 11.5 Å². The molecular formula is C24H27FN4O3S. The van der Waals surface area contributed by atoms with Crippen LogP contribution in [0.5, 0.6) is 11.5 Å². The van der Waals surface area contributed by atoms with Crippen LogP contribution in [0.15, 0.2) is 52.4 Å². The van der Waals surface area contributed by atoms with Gasteiger partial charge in [-0.05, 0) is 31.3 Å². The molecule has 2 heterocycles. The molecule has 7 nitrogen and oxygen atoms in total. The van der Waals surface area contributed by atoms with E-state index in [0.717, 1.165) is 37.2 Å². The lowest BCUT2D eigenvalue weighted by molar-refractivity contribution is -0.113. The zero-order chi connectivity index (χ0) is 23.4. The molecule has 0 radical (unpaired) electrons. The third-order valence-electron chi connectivity index (χ3n) is 5.71. The molecule has 2 aliphatic rings. The van der Waals surface area contributed by atoms with Gasteiger partial charge in [-0.1, -0.05) is 11.8 Å². The number of thioether (sulfide) groups is 1. The zero-order valence-electron chi connectivity index (χ0n) is 18.9. The van der Waals surface area contributed by atoms with Crippen LogP contribution in [0, 0.1) is 5.82 Å². The second-order valence-electron chi connectivity index (χ2n) is 8.11. The summed E-state index contributed by atoms with van der Waals surface area (Å²) in [6.07, 6.45) is 1.63. The van der Waals surface area contributed by atoms with Crippen molar-refractivity contribution in [2.75, 3.05) is 45.4 Å². The van der Waals surface area contributed by atoms with Crippen molar-refractivity contribution in [2.45, 2.75) is 18.5 Å². The van der Waals surface area contributed by atoms with Crippen LogP contribution < -0.4 is 14.8 Å². The third-order valence-corrected chi connectivity index (χ3v) is 6.68. The minimum Gasteiger partial charge on any atom is -0.497 e. The van der Waals surface area contributed by atoms with Crippen molar-refractivity contribution in [1.29, 1.82) is 0 Å². The van der Waals surface area contributed by atoms with E-state index in [1.165, 1.54) is 23.9 Å². The Kier molecular flexibility index (Phi) is 6.99. The molecule has 9 heteroatoms. The van der Waals surface area contributed by atoms with E-state index in [-0.39, 0.29) is 17.5 Å². The van der Waals surface area contributed by atoms with E-state index < -0.39 is 5.66 Å². The van der Waals surface area contributed by atoms with Crippen LogP contribution in [-0.4, -0.2) is 67.3 Å². The van der Waals surface area contributed by atoms with Crippen molar-refractivity contribution >= 4 is 34.1 Å². The topological polar surface area (TPSA) is 75.5 Å². The Morgan fingerprint density at radius 1 is 1.09 bits per heavy atom. The number of aliphatic imine (C=N–C) groups is 2. The first-order chi connectivity index (χ1) is 15.9. The van der Waals surface area contributed by atoms with Crippen LogP contribution in [-0.2, 0) is 4.79 Å². The van der Waals surface area contributed by atoms with E-state index in [0.29, 0.717) is 22.2 Å². The standard InChI is InChI=1S/C24H27FN4O3S/c1-29-10-8-24(9-11-29)27-22(16-4-6-17(25)7-5-16)23(28-24)33-15-21(30)26-18-12-19(31-2)14-20(13-18)32-3/h4-7,12-14H,8-11,15H2,1-3H3,(H,26,30). The fourth-order valence-electron chi connectivity index (χ4n) is 3.83. The monoisotopic (exact) mass is 470 g/mol. The highest BCUT2D eigenvalue weighted by molar-refractivity contribution is 8.16. The molecule has 1 saturated heterocycles. The number of piperidine rings is 1. The van der Waals surface area contributed by atoms with E-state index >= 15 is 0 Å². The summed E-state index contributed by atoms with van der Waals surface area (Å²) < 4.78 is 24.0.